The maximum Gasteiger partial charge on any atom is 0.137 e. The lowest BCUT2D eigenvalue weighted by Crippen LogP contribution is -2.03. The van der Waals surface area contributed by atoms with Gasteiger partial charge in [-0.05, 0) is 40.5 Å². The average Bonchev–Trinajstić information content (AvgIpc) is 2.71. The van der Waals surface area contributed by atoms with Gasteiger partial charge in [0.2, 0.25) is 0 Å². The fraction of sp³-hybridized carbons (Fsp3) is 0.231. The van der Waals surface area contributed by atoms with Gasteiger partial charge in [-0.1, -0.05) is 12.1 Å². The smallest absolute Gasteiger partial charge is 0.137 e. The van der Waals surface area contributed by atoms with Gasteiger partial charge in [-0.25, -0.2) is 4.39 Å². The molecule has 17 heavy (non-hydrogen) atoms. The molecule has 1 heterocycles. The van der Waals surface area contributed by atoms with E-state index >= 15 is 0 Å². The molecule has 0 saturated heterocycles. The van der Waals surface area contributed by atoms with Crippen LogP contribution in [0.3, 0.4) is 0 Å². The zero-order valence-electron chi connectivity index (χ0n) is 9.28. The number of aliphatic hydroxyl groups is 1. The van der Waals surface area contributed by atoms with Gasteiger partial charge in [0.1, 0.15) is 11.6 Å². The number of furan rings is 1. The van der Waals surface area contributed by atoms with Crippen molar-refractivity contribution in [2.24, 2.45) is 0 Å². The van der Waals surface area contributed by atoms with Crippen molar-refractivity contribution in [2.75, 3.05) is 0 Å². The van der Waals surface area contributed by atoms with E-state index in [4.69, 9.17) is 4.42 Å². The molecule has 0 radical (unpaired) electrons. The molecular formula is C13H12BrFO2. The van der Waals surface area contributed by atoms with Gasteiger partial charge in [-0.15, -0.1) is 0 Å². The Morgan fingerprint density at radius 1 is 1.41 bits per heavy atom. The quantitative estimate of drug-likeness (QED) is 0.936. The minimum Gasteiger partial charge on any atom is -0.469 e. The molecular weight excluding hydrogens is 287 g/mol. The van der Waals surface area contributed by atoms with Crippen molar-refractivity contribution in [1.82, 2.24) is 0 Å². The normalized spacial score (nSPS) is 12.7. The molecule has 0 bridgehead atoms. The monoisotopic (exact) mass is 298 g/mol. The van der Waals surface area contributed by atoms with Gasteiger partial charge in [0.25, 0.3) is 0 Å². The third-order valence-electron chi connectivity index (χ3n) is 2.70. The average molecular weight is 299 g/mol. The van der Waals surface area contributed by atoms with Crippen LogP contribution in [0.5, 0.6) is 0 Å². The largest absolute Gasteiger partial charge is 0.469 e. The number of aliphatic hydroxyl groups excluding tert-OH is 1. The first-order valence-electron chi connectivity index (χ1n) is 5.24. The number of aryl methyl sites for hydroxylation is 1. The fourth-order valence-electron chi connectivity index (χ4n) is 1.76. The molecule has 1 unspecified atom stereocenters. The summed E-state index contributed by atoms with van der Waals surface area (Å²) in [6.45, 7) is 1.79. The number of benzene rings is 1. The SMILES string of the molecule is Cc1occc1C(O)Cc1cccc(F)c1Br. The molecule has 4 heteroatoms. The van der Waals surface area contributed by atoms with Crippen molar-refractivity contribution in [3.05, 3.63) is 57.7 Å². The summed E-state index contributed by atoms with van der Waals surface area (Å²) >= 11 is 3.18. The first-order valence-corrected chi connectivity index (χ1v) is 6.04. The Kier molecular flexibility index (Phi) is 3.64. The molecule has 0 aliphatic rings. The molecule has 1 aromatic heterocycles. The Bertz CT molecular complexity index is 522. The molecule has 0 aliphatic carbocycles. The van der Waals surface area contributed by atoms with Gasteiger partial charge in [-0.2, -0.15) is 0 Å². The van der Waals surface area contributed by atoms with Crippen LogP contribution in [0.4, 0.5) is 4.39 Å². The highest BCUT2D eigenvalue weighted by molar-refractivity contribution is 9.10. The maximum atomic E-state index is 13.3. The number of hydrogen-bond donors (Lipinski definition) is 1. The van der Waals surface area contributed by atoms with Gasteiger partial charge in [0, 0.05) is 12.0 Å². The third kappa shape index (κ3) is 2.58. The van der Waals surface area contributed by atoms with E-state index in [1.807, 2.05) is 0 Å². The molecule has 0 fully saturated rings. The van der Waals surface area contributed by atoms with E-state index < -0.39 is 6.10 Å². The number of hydrogen-bond acceptors (Lipinski definition) is 2. The standard InChI is InChI=1S/C13H12BrFO2/c1-8-10(5-6-17-8)12(16)7-9-3-2-4-11(15)13(9)14/h2-6,12,16H,7H2,1H3. The Hall–Kier alpha value is -1.13. The summed E-state index contributed by atoms with van der Waals surface area (Å²) in [6, 6.07) is 6.52. The molecule has 0 saturated carbocycles. The highest BCUT2D eigenvalue weighted by Gasteiger charge is 2.15. The molecule has 2 nitrogen and oxygen atoms in total. The van der Waals surface area contributed by atoms with Crippen molar-refractivity contribution in [1.29, 1.82) is 0 Å². The zero-order valence-corrected chi connectivity index (χ0v) is 10.9. The van der Waals surface area contributed by atoms with Crippen molar-refractivity contribution in [3.8, 4) is 0 Å². The second-order valence-electron chi connectivity index (χ2n) is 3.86. The van der Waals surface area contributed by atoms with Crippen LogP contribution in [-0.4, -0.2) is 5.11 Å². The van der Waals surface area contributed by atoms with E-state index in [2.05, 4.69) is 15.9 Å². The Balaban J connectivity index is 2.22. The molecule has 1 aromatic carbocycles. The summed E-state index contributed by atoms with van der Waals surface area (Å²) in [4.78, 5) is 0. The van der Waals surface area contributed by atoms with Gasteiger partial charge in [0.15, 0.2) is 0 Å². The predicted molar refractivity (Wildman–Crippen MR) is 66.2 cm³/mol. The lowest BCUT2D eigenvalue weighted by Gasteiger charge is -2.11. The van der Waals surface area contributed by atoms with Crippen LogP contribution in [-0.2, 0) is 6.42 Å². The van der Waals surface area contributed by atoms with E-state index in [1.54, 1.807) is 25.1 Å². The van der Waals surface area contributed by atoms with Gasteiger partial charge in [-0.3, -0.25) is 0 Å². The minimum atomic E-state index is -0.688. The zero-order chi connectivity index (χ0) is 12.4. The topological polar surface area (TPSA) is 33.4 Å². The van der Waals surface area contributed by atoms with E-state index in [-0.39, 0.29) is 5.82 Å². The lowest BCUT2D eigenvalue weighted by molar-refractivity contribution is 0.176. The molecule has 1 atom stereocenters. The van der Waals surface area contributed by atoms with Crippen LogP contribution in [0.15, 0.2) is 39.4 Å². The van der Waals surface area contributed by atoms with E-state index in [0.717, 1.165) is 11.1 Å². The first kappa shape index (κ1) is 12.3. The molecule has 90 valence electrons. The minimum absolute atomic E-state index is 0.321. The van der Waals surface area contributed by atoms with Crippen molar-refractivity contribution < 1.29 is 13.9 Å². The summed E-state index contributed by atoms with van der Waals surface area (Å²) in [5.74, 6) is 0.364. The number of halogens is 2. The first-order chi connectivity index (χ1) is 8.09. The van der Waals surface area contributed by atoms with Crippen LogP contribution in [0.25, 0.3) is 0 Å². The molecule has 0 spiro atoms. The molecule has 2 rings (SSSR count). The predicted octanol–water partition coefficient (Wildman–Crippen LogP) is 3.77. The molecule has 0 amide bonds. The highest BCUT2D eigenvalue weighted by Crippen LogP contribution is 2.27. The summed E-state index contributed by atoms with van der Waals surface area (Å²) in [5.41, 5.74) is 1.47. The van der Waals surface area contributed by atoms with E-state index in [0.29, 0.717) is 16.7 Å². The van der Waals surface area contributed by atoms with E-state index in [9.17, 15) is 9.50 Å². The molecule has 0 aliphatic heterocycles. The lowest BCUT2D eigenvalue weighted by atomic mass is 10.0. The fourth-order valence-corrected chi connectivity index (χ4v) is 2.19. The Morgan fingerprint density at radius 2 is 2.18 bits per heavy atom. The van der Waals surface area contributed by atoms with Crippen LogP contribution in [0.2, 0.25) is 0 Å². The molecule has 1 N–H and O–H groups in total. The second-order valence-corrected chi connectivity index (χ2v) is 4.66. The summed E-state index contributed by atoms with van der Waals surface area (Å²) in [5, 5.41) is 10.1. The summed E-state index contributed by atoms with van der Waals surface area (Å²) in [7, 11) is 0. The van der Waals surface area contributed by atoms with Crippen molar-refractivity contribution in [3.63, 3.8) is 0 Å². The van der Waals surface area contributed by atoms with E-state index in [1.165, 1.54) is 12.3 Å². The van der Waals surface area contributed by atoms with Crippen LogP contribution >= 0.6 is 15.9 Å². The van der Waals surface area contributed by atoms with Crippen LogP contribution in [0, 0.1) is 12.7 Å². The number of rotatable bonds is 3. The van der Waals surface area contributed by atoms with Gasteiger partial charge >= 0.3 is 0 Å². The summed E-state index contributed by atoms with van der Waals surface area (Å²) < 4.78 is 18.8. The van der Waals surface area contributed by atoms with Gasteiger partial charge < -0.3 is 9.52 Å². The van der Waals surface area contributed by atoms with Gasteiger partial charge in [0.05, 0.1) is 16.8 Å². The Labute approximate surface area is 107 Å². The summed E-state index contributed by atoms with van der Waals surface area (Å²) in [6.07, 6.45) is 1.19. The van der Waals surface area contributed by atoms with Crippen LogP contribution in [0.1, 0.15) is 23.0 Å². The third-order valence-corrected chi connectivity index (χ3v) is 3.59. The maximum absolute atomic E-state index is 13.3. The highest BCUT2D eigenvalue weighted by atomic mass is 79.9. The van der Waals surface area contributed by atoms with Crippen LogP contribution < -0.4 is 0 Å². The van der Waals surface area contributed by atoms with Crippen molar-refractivity contribution >= 4 is 15.9 Å². The van der Waals surface area contributed by atoms with Crippen molar-refractivity contribution in [2.45, 2.75) is 19.4 Å². The second kappa shape index (κ2) is 5.02. The molecule has 2 aromatic rings. The Morgan fingerprint density at radius 3 is 2.82 bits per heavy atom.